The Kier molecular flexibility index (Phi) is 3.90. The smallest absolute Gasteiger partial charge is 0.253 e. The highest BCUT2D eigenvalue weighted by Crippen LogP contribution is 2.27. The third-order valence-electron chi connectivity index (χ3n) is 4.07. The average Bonchev–Trinajstić information content (AvgIpc) is 2.97. The molecule has 8 nitrogen and oxygen atoms in total. The molecule has 3 N–H and O–H groups in total. The number of aryl methyl sites for hydroxylation is 1. The van der Waals surface area contributed by atoms with E-state index >= 15 is 0 Å². The Morgan fingerprint density at radius 3 is 2.58 bits per heavy atom. The van der Waals surface area contributed by atoms with Crippen LogP contribution in [-0.2, 0) is 17.3 Å². The lowest BCUT2D eigenvalue weighted by atomic mass is 9.84. The van der Waals surface area contributed by atoms with Crippen LogP contribution in [0.5, 0.6) is 0 Å². The second kappa shape index (κ2) is 5.89. The molecule has 8 heteroatoms. The van der Waals surface area contributed by atoms with Crippen molar-refractivity contribution in [3.8, 4) is 0 Å². The number of fused-ring (bicyclic) bond motifs is 1. The van der Waals surface area contributed by atoms with Crippen molar-refractivity contribution in [1.82, 2.24) is 25.2 Å². The van der Waals surface area contributed by atoms with Gasteiger partial charge in [-0.3, -0.25) is 14.7 Å². The van der Waals surface area contributed by atoms with E-state index in [1.807, 2.05) is 31.3 Å². The maximum atomic E-state index is 11.8. The maximum Gasteiger partial charge on any atom is 0.253 e. The van der Waals surface area contributed by atoms with E-state index in [2.05, 4.69) is 20.4 Å². The number of nitrogens with one attached hydrogen (secondary N) is 2. The van der Waals surface area contributed by atoms with Gasteiger partial charge in [0.05, 0.1) is 17.0 Å². The first kappa shape index (κ1) is 15.9. The van der Waals surface area contributed by atoms with Gasteiger partial charge in [0.2, 0.25) is 0 Å². The number of hydroxylamine groups is 1. The molecule has 3 aromatic rings. The van der Waals surface area contributed by atoms with Crippen molar-refractivity contribution in [3.63, 3.8) is 0 Å². The SMILES string of the molecule is Cn1ncc2c(Nc3ccc(C(C)(C)C(=O)NO)cc3)ncnc21. The van der Waals surface area contributed by atoms with Crippen LogP contribution in [-0.4, -0.2) is 30.9 Å². The summed E-state index contributed by atoms with van der Waals surface area (Å²) in [7, 11) is 1.82. The minimum atomic E-state index is -0.835. The van der Waals surface area contributed by atoms with Crippen molar-refractivity contribution in [2.75, 3.05) is 5.32 Å². The number of amides is 1. The summed E-state index contributed by atoms with van der Waals surface area (Å²) < 4.78 is 1.68. The third kappa shape index (κ3) is 2.67. The number of nitrogens with zero attached hydrogens (tertiary/aromatic N) is 4. The molecule has 2 heterocycles. The van der Waals surface area contributed by atoms with Crippen LogP contribution in [0.3, 0.4) is 0 Å². The minimum absolute atomic E-state index is 0.462. The molecule has 0 radical (unpaired) electrons. The van der Waals surface area contributed by atoms with Crippen LogP contribution in [0.1, 0.15) is 19.4 Å². The predicted molar refractivity (Wildman–Crippen MR) is 89.0 cm³/mol. The second-order valence-electron chi connectivity index (χ2n) is 6.00. The monoisotopic (exact) mass is 326 g/mol. The number of anilines is 2. The summed E-state index contributed by atoms with van der Waals surface area (Å²) in [4.78, 5) is 20.2. The summed E-state index contributed by atoms with van der Waals surface area (Å²) in [5.41, 5.74) is 3.21. The number of aromatic nitrogens is 4. The van der Waals surface area contributed by atoms with E-state index in [1.165, 1.54) is 6.33 Å². The van der Waals surface area contributed by atoms with Gasteiger partial charge >= 0.3 is 0 Å². The molecule has 0 aliphatic rings. The molecule has 1 aromatic carbocycles. The third-order valence-corrected chi connectivity index (χ3v) is 4.07. The van der Waals surface area contributed by atoms with Crippen molar-refractivity contribution in [2.45, 2.75) is 19.3 Å². The van der Waals surface area contributed by atoms with Crippen LogP contribution in [0.2, 0.25) is 0 Å². The average molecular weight is 326 g/mol. The zero-order valence-electron chi connectivity index (χ0n) is 13.6. The quantitative estimate of drug-likeness (QED) is 0.499. The summed E-state index contributed by atoms with van der Waals surface area (Å²) in [6.45, 7) is 3.48. The zero-order chi connectivity index (χ0) is 17.3. The van der Waals surface area contributed by atoms with Gasteiger partial charge in [0.1, 0.15) is 12.1 Å². The molecule has 0 aliphatic carbocycles. The van der Waals surface area contributed by atoms with Gasteiger partial charge in [-0.1, -0.05) is 12.1 Å². The Labute approximate surface area is 138 Å². The molecule has 0 saturated heterocycles. The van der Waals surface area contributed by atoms with E-state index in [9.17, 15) is 4.79 Å². The summed E-state index contributed by atoms with van der Waals surface area (Å²) in [5.74, 6) is 0.198. The van der Waals surface area contributed by atoms with Crippen molar-refractivity contribution in [3.05, 3.63) is 42.4 Å². The van der Waals surface area contributed by atoms with E-state index < -0.39 is 11.3 Å². The molecule has 1 amide bonds. The molecule has 0 atom stereocenters. The van der Waals surface area contributed by atoms with Gasteiger partial charge in [0.25, 0.3) is 5.91 Å². The number of hydrogen-bond donors (Lipinski definition) is 3. The summed E-state index contributed by atoms with van der Waals surface area (Å²) in [5, 5.41) is 17.1. The maximum absolute atomic E-state index is 11.8. The fourth-order valence-electron chi connectivity index (χ4n) is 2.44. The highest BCUT2D eigenvalue weighted by atomic mass is 16.5. The van der Waals surface area contributed by atoms with E-state index in [0.29, 0.717) is 5.82 Å². The number of carbonyl (C=O) groups excluding carboxylic acids is 1. The Hall–Kier alpha value is -3.00. The molecule has 0 bridgehead atoms. The van der Waals surface area contributed by atoms with Crippen LogP contribution in [0, 0.1) is 0 Å². The van der Waals surface area contributed by atoms with Gasteiger partial charge in [-0.15, -0.1) is 0 Å². The van der Waals surface area contributed by atoms with E-state index in [1.54, 1.807) is 30.2 Å². The Bertz CT molecular complexity index is 885. The Morgan fingerprint density at radius 1 is 1.21 bits per heavy atom. The van der Waals surface area contributed by atoms with Crippen molar-refractivity contribution >= 4 is 28.4 Å². The highest BCUT2D eigenvalue weighted by Gasteiger charge is 2.29. The van der Waals surface area contributed by atoms with E-state index in [4.69, 9.17) is 5.21 Å². The lowest BCUT2D eigenvalue weighted by Crippen LogP contribution is -2.38. The molecular formula is C16H18N6O2. The van der Waals surface area contributed by atoms with Gasteiger partial charge in [0.15, 0.2) is 5.65 Å². The fraction of sp³-hybridized carbons (Fsp3) is 0.250. The molecule has 3 rings (SSSR count). The predicted octanol–water partition coefficient (Wildman–Crippen LogP) is 1.89. The van der Waals surface area contributed by atoms with Crippen LogP contribution >= 0.6 is 0 Å². The van der Waals surface area contributed by atoms with Gasteiger partial charge in [0, 0.05) is 12.7 Å². The minimum Gasteiger partial charge on any atom is -0.340 e. The van der Waals surface area contributed by atoms with Gasteiger partial charge in [-0.25, -0.2) is 15.4 Å². The molecule has 0 unspecified atom stereocenters. The lowest BCUT2D eigenvalue weighted by Gasteiger charge is -2.22. The summed E-state index contributed by atoms with van der Waals surface area (Å²) in [6, 6.07) is 7.37. The summed E-state index contributed by atoms with van der Waals surface area (Å²) in [6.07, 6.45) is 3.19. The molecular weight excluding hydrogens is 308 g/mol. The normalized spacial score (nSPS) is 11.5. The first-order valence-corrected chi connectivity index (χ1v) is 7.38. The van der Waals surface area contributed by atoms with E-state index in [-0.39, 0.29) is 0 Å². The van der Waals surface area contributed by atoms with Gasteiger partial charge < -0.3 is 5.32 Å². The number of carbonyl (C=O) groups is 1. The van der Waals surface area contributed by atoms with E-state index in [0.717, 1.165) is 22.3 Å². The highest BCUT2D eigenvalue weighted by molar-refractivity contribution is 5.88. The largest absolute Gasteiger partial charge is 0.340 e. The molecule has 2 aromatic heterocycles. The van der Waals surface area contributed by atoms with Crippen molar-refractivity contribution in [1.29, 1.82) is 0 Å². The fourth-order valence-corrected chi connectivity index (χ4v) is 2.44. The van der Waals surface area contributed by atoms with Crippen LogP contribution < -0.4 is 10.8 Å². The Balaban J connectivity index is 1.88. The van der Waals surface area contributed by atoms with Crippen LogP contribution in [0.4, 0.5) is 11.5 Å². The van der Waals surface area contributed by atoms with Crippen molar-refractivity contribution < 1.29 is 10.0 Å². The van der Waals surface area contributed by atoms with Crippen molar-refractivity contribution in [2.24, 2.45) is 7.05 Å². The molecule has 0 fully saturated rings. The topological polar surface area (TPSA) is 105 Å². The number of hydrogen-bond acceptors (Lipinski definition) is 6. The standard InChI is InChI=1S/C16H18N6O2/c1-16(2,15(23)21-24)10-4-6-11(7-5-10)20-13-12-8-19-22(3)14(12)18-9-17-13/h4-9,24H,1-3H3,(H,21,23)(H,17,18,20). The molecule has 0 aliphatic heterocycles. The second-order valence-corrected chi connectivity index (χ2v) is 6.00. The molecule has 0 spiro atoms. The molecule has 0 saturated carbocycles. The molecule has 24 heavy (non-hydrogen) atoms. The zero-order valence-corrected chi connectivity index (χ0v) is 13.6. The lowest BCUT2D eigenvalue weighted by molar-refractivity contribution is -0.134. The van der Waals surface area contributed by atoms with Crippen LogP contribution in [0.25, 0.3) is 11.0 Å². The first-order chi connectivity index (χ1) is 11.4. The van der Waals surface area contributed by atoms with Gasteiger partial charge in [-0.05, 0) is 31.5 Å². The molecule has 124 valence electrons. The van der Waals surface area contributed by atoms with Crippen LogP contribution in [0.15, 0.2) is 36.8 Å². The first-order valence-electron chi connectivity index (χ1n) is 7.38. The number of rotatable bonds is 4. The summed E-state index contributed by atoms with van der Waals surface area (Å²) >= 11 is 0. The number of benzene rings is 1. The Morgan fingerprint density at radius 2 is 1.92 bits per heavy atom. The van der Waals surface area contributed by atoms with Gasteiger partial charge in [-0.2, -0.15) is 5.10 Å².